The summed E-state index contributed by atoms with van der Waals surface area (Å²) < 4.78 is 0. The van der Waals surface area contributed by atoms with Crippen molar-refractivity contribution in [3.05, 3.63) is 77.3 Å². The van der Waals surface area contributed by atoms with Gasteiger partial charge in [0.25, 0.3) is 0 Å². The van der Waals surface area contributed by atoms with E-state index in [0.717, 1.165) is 49.1 Å². The molecule has 0 aliphatic carbocycles. The minimum Gasteiger partial charge on any atom is -0.354 e. The van der Waals surface area contributed by atoms with Crippen LogP contribution < -0.4 is 10.6 Å². The number of thiazole rings is 1. The standard InChI is InChI=1S/C24H29N5S/c1-25-24(26-16-22-18-30-23(27-22)20-10-6-3-7-11-20)28-21-12-14-29(15-13-21)17-19-8-4-2-5-9-19/h2-11,18,21H,12-17H2,1H3,(H2,25,26,28). The van der Waals surface area contributed by atoms with Gasteiger partial charge in [0, 0.05) is 43.7 Å². The highest BCUT2D eigenvalue weighted by molar-refractivity contribution is 7.13. The number of hydrogen-bond donors (Lipinski definition) is 2. The van der Waals surface area contributed by atoms with E-state index in [1.165, 1.54) is 11.1 Å². The molecule has 0 bridgehead atoms. The highest BCUT2D eigenvalue weighted by atomic mass is 32.1. The fourth-order valence-corrected chi connectivity index (χ4v) is 4.57. The van der Waals surface area contributed by atoms with Gasteiger partial charge in [0.15, 0.2) is 5.96 Å². The Bertz CT molecular complexity index is 930. The van der Waals surface area contributed by atoms with Gasteiger partial charge in [0.05, 0.1) is 12.2 Å². The Labute approximate surface area is 182 Å². The maximum atomic E-state index is 4.75. The molecule has 1 fully saturated rings. The van der Waals surface area contributed by atoms with Crippen LogP contribution in [0.5, 0.6) is 0 Å². The molecule has 2 aromatic carbocycles. The molecule has 0 saturated carbocycles. The van der Waals surface area contributed by atoms with Crippen molar-refractivity contribution < 1.29 is 0 Å². The molecule has 0 spiro atoms. The number of likely N-dealkylation sites (tertiary alicyclic amines) is 1. The number of piperidine rings is 1. The molecular weight excluding hydrogens is 390 g/mol. The van der Waals surface area contributed by atoms with Crippen molar-refractivity contribution in [1.82, 2.24) is 20.5 Å². The Hall–Kier alpha value is -2.70. The Balaban J connectivity index is 1.22. The number of nitrogens with one attached hydrogen (secondary N) is 2. The van der Waals surface area contributed by atoms with Crippen LogP contribution in [0.15, 0.2) is 71.0 Å². The van der Waals surface area contributed by atoms with Crippen molar-refractivity contribution in [3.8, 4) is 10.6 Å². The predicted molar refractivity (Wildman–Crippen MR) is 126 cm³/mol. The molecule has 156 valence electrons. The third kappa shape index (κ3) is 5.68. The number of benzene rings is 2. The van der Waals surface area contributed by atoms with Gasteiger partial charge in [-0.05, 0) is 18.4 Å². The van der Waals surface area contributed by atoms with Gasteiger partial charge in [-0.3, -0.25) is 9.89 Å². The van der Waals surface area contributed by atoms with Gasteiger partial charge < -0.3 is 10.6 Å². The fourth-order valence-electron chi connectivity index (χ4n) is 3.74. The van der Waals surface area contributed by atoms with Crippen LogP contribution in [0.1, 0.15) is 24.1 Å². The minimum atomic E-state index is 0.457. The topological polar surface area (TPSA) is 52.6 Å². The quantitative estimate of drug-likeness (QED) is 0.466. The molecule has 30 heavy (non-hydrogen) atoms. The zero-order valence-corrected chi connectivity index (χ0v) is 18.2. The summed E-state index contributed by atoms with van der Waals surface area (Å²) in [6.07, 6.45) is 2.25. The Kier molecular flexibility index (Phi) is 7.11. The number of nitrogens with zero attached hydrogens (tertiary/aromatic N) is 3. The van der Waals surface area contributed by atoms with Gasteiger partial charge in [-0.25, -0.2) is 4.98 Å². The average Bonchev–Trinajstić information content (AvgIpc) is 3.28. The van der Waals surface area contributed by atoms with Crippen LogP contribution in [-0.4, -0.2) is 42.0 Å². The summed E-state index contributed by atoms with van der Waals surface area (Å²) in [6.45, 7) is 3.93. The molecule has 2 N–H and O–H groups in total. The summed E-state index contributed by atoms with van der Waals surface area (Å²) in [5, 5.41) is 10.2. The SMILES string of the molecule is CN=C(NCc1csc(-c2ccccc2)n1)NC1CCN(Cc2ccccc2)CC1. The molecule has 3 aromatic rings. The van der Waals surface area contributed by atoms with E-state index in [0.29, 0.717) is 12.6 Å². The molecule has 1 aromatic heterocycles. The van der Waals surface area contributed by atoms with Crippen LogP contribution >= 0.6 is 11.3 Å². The molecule has 0 atom stereocenters. The maximum absolute atomic E-state index is 4.75. The smallest absolute Gasteiger partial charge is 0.191 e. The van der Waals surface area contributed by atoms with Crippen molar-refractivity contribution in [2.75, 3.05) is 20.1 Å². The number of hydrogen-bond acceptors (Lipinski definition) is 4. The largest absolute Gasteiger partial charge is 0.354 e. The summed E-state index contributed by atoms with van der Waals surface area (Å²) >= 11 is 1.68. The third-order valence-electron chi connectivity index (χ3n) is 5.41. The van der Waals surface area contributed by atoms with Gasteiger partial charge in [-0.1, -0.05) is 60.7 Å². The summed E-state index contributed by atoms with van der Waals surface area (Å²) in [5.74, 6) is 0.853. The molecule has 5 nitrogen and oxygen atoms in total. The molecule has 1 saturated heterocycles. The van der Waals surface area contributed by atoms with Gasteiger partial charge >= 0.3 is 0 Å². The predicted octanol–water partition coefficient (Wildman–Crippen LogP) is 4.14. The Morgan fingerprint density at radius 3 is 2.47 bits per heavy atom. The van der Waals surface area contributed by atoms with E-state index in [9.17, 15) is 0 Å². The highest BCUT2D eigenvalue weighted by Gasteiger charge is 2.20. The molecule has 1 aliphatic rings. The Morgan fingerprint density at radius 2 is 1.77 bits per heavy atom. The first-order valence-electron chi connectivity index (χ1n) is 10.5. The second-order valence-corrected chi connectivity index (χ2v) is 8.47. The number of rotatable bonds is 6. The maximum Gasteiger partial charge on any atom is 0.191 e. The normalized spacial score (nSPS) is 15.8. The van der Waals surface area contributed by atoms with E-state index < -0.39 is 0 Å². The van der Waals surface area contributed by atoms with Crippen LogP contribution in [0, 0.1) is 0 Å². The van der Waals surface area contributed by atoms with Crippen molar-refractivity contribution in [2.45, 2.75) is 32.0 Å². The first-order valence-corrected chi connectivity index (χ1v) is 11.4. The lowest BCUT2D eigenvalue weighted by Gasteiger charge is -2.33. The van der Waals surface area contributed by atoms with E-state index in [-0.39, 0.29) is 0 Å². The van der Waals surface area contributed by atoms with Gasteiger partial charge in [-0.2, -0.15) is 0 Å². The van der Waals surface area contributed by atoms with Crippen LogP contribution in [0.25, 0.3) is 10.6 Å². The lowest BCUT2D eigenvalue weighted by molar-refractivity contribution is 0.198. The van der Waals surface area contributed by atoms with Crippen LogP contribution in [0.3, 0.4) is 0 Å². The molecule has 6 heteroatoms. The molecule has 4 rings (SSSR count). The number of aromatic nitrogens is 1. The second-order valence-electron chi connectivity index (χ2n) is 7.62. The third-order valence-corrected chi connectivity index (χ3v) is 6.35. The number of guanidine groups is 1. The lowest BCUT2D eigenvalue weighted by atomic mass is 10.0. The van der Waals surface area contributed by atoms with Crippen LogP contribution in [0.4, 0.5) is 0 Å². The molecular formula is C24H29N5S. The first kappa shape index (κ1) is 20.6. The van der Waals surface area contributed by atoms with E-state index in [4.69, 9.17) is 4.98 Å². The monoisotopic (exact) mass is 419 g/mol. The first-order chi connectivity index (χ1) is 14.8. The highest BCUT2D eigenvalue weighted by Crippen LogP contribution is 2.23. The van der Waals surface area contributed by atoms with Crippen molar-refractivity contribution in [1.29, 1.82) is 0 Å². The summed E-state index contributed by atoms with van der Waals surface area (Å²) in [5.41, 5.74) is 3.59. The summed E-state index contributed by atoms with van der Waals surface area (Å²) in [4.78, 5) is 11.7. The molecule has 2 heterocycles. The minimum absolute atomic E-state index is 0.457. The van der Waals surface area contributed by atoms with E-state index in [1.807, 2.05) is 25.2 Å². The second kappa shape index (κ2) is 10.4. The van der Waals surface area contributed by atoms with Gasteiger partial charge in [0.1, 0.15) is 5.01 Å². The summed E-state index contributed by atoms with van der Waals surface area (Å²) in [6, 6.07) is 21.5. The molecule has 0 radical (unpaired) electrons. The molecule has 0 amide bonds. The van der Waals surface area contributed by atoms with Gasteiger partial charge in [-0.15, -0.1) is 11.3 Å². The lowest BCUT2D eigenvalue weighted by Crippen LogP contribution is -2.48. The van der Waals surface area contributed by atoms with Crippen LogP contribution in [-0.2, 0) is 13.1 Å². The van der Waals surface area contributed by atoms with E-state index in [2.05, 4.69) is 68.4 Å². The average molecular weight is 420 g/mol. The molecule has 1 aliphatic heterocycles. The van der Waals surface area contributed by atoms with E-state index in [1.54, 1.807) is 11.3 Å². The Morgan fingerprint density at radius 1 is 1.07 bits per heavy atom. The van der Waals surface area contributed by atoms with Crippen molar-refractivity contribution in [3.63, 3.8) is 0 Å². The zero-order chi connectivity index (χ0) is 20.6. The number of aliphatic imine (C=N–C) groups is 1. The van der Waals surface area contributed by atoms with Crippen molar-refractivity contribution >= 4 is 17.3 Å². The summed E-state index contributed by atoms with van der Waals surface area (Å²) in [7, 11) is 1.83. The zero-order valence-electron chi connectivity index (χ0n) is 17.4. The van der Waals surface area contributed by atoms with Crippen molar-refractivity contribution in [2.24, 2.45) is 4.99 Å². The van der Waals surface area contributed by atoms with Crippen LogP contribution in [0.2, 0.25) is 0 Å². The van der Waals surface area contributed by atoms with E-state index >= 15 is 0 Å². The fraction of sp³-hybridized carbons (Fsp3) is 0.333. The molecule has 0 unspecified atom stereocenters. The van der Waals surface area contributed by atoms with Gasteiger partial charge in [0.2, 0.25) is 0 Å².